The second-order valence-corrected chi connectivity index (χ2v) is 8.69. The van der Waals surface area contributed by atoms with Crippen LogP contribution in [0.1, 0.15) is 67.4 Å². The van der Waals surface area contributed by atoms with E-state index in [0.29, 0.717) is 24.6 Å². The highest BCUT2D eigenvalue weighted by Gasteiger charge is 2.19. The maximum atomic E-state index is 13.2. The average molecular weight is 468 g/mol. The van der Waals surface area contributed by atoms with Crippen molar-refractivity contribution in [3.8, 4) is 0 Å². The number of nitrogens with one attached hydrogen (secondary N) is 2. The highest BCUT2D eigenvalue weighted by atomic mass is 16.4. The Morgan fingerprint density at radius 3 is 2.26 bits per heavy atom. The number of aryl methyl sites for hydroxylation is 1. The monoisotopic (exact) mass is 467 g/mol. The standard InChI is InChI=1S/C27H37N3O4/c1-4-6-7-21(5-2)18-30(27(34)29-24-14-8-20(3)9-15-24)19-22-10-12-23(13-11-22)26(33)28-17-16-25(31)32/h8-15,21H,4-7,16-19H2,1-3H3,(H,28,33)(H,29,34)(H,31,32). The lowest BCUT2D eigenvalue weighted by atomic mass is 9.98. The minimum atomic E-state index is -0.955. The number of hydrogen-bond acceptors (Lipinski definition) is 3. The van der Waals surface area contributed by atoms with E-state index in [1.165, 1.54) is 0 Å². The third-order valence-electron chi connectivity index (χ3n) is 5.83. The molecule has 7 heteroatoms. The summed E-state index contributed by atoms with van der Waals surface area (Å²) in [6.07, 6.45) is 4.23. The van der Waals surface area contributed by atoms with E-state index < -0.39 is 5.97 Å². The predicted molar refractivity (Wildman–Crippen MR) is 135 cm³/mol. The molecule has 7 nitrogen and oxygen atoms in total. The predicted octanol–water partition coefficient (Wildman–Crippen LogP) is 5.45. The summed E-state index contributed by atoms with van der Waals surface area (Å²) in [4.78, 5) is 37.8. The van der Waals surface area contributed by atoms with Crippen molar-refractivity contribution in [1.82, 2.24) is 10.2 Å². The molecule has 184 valence electrons. The molecule has 0 aromatic heterocycles. The number of aliphatic carboxylic acids is 1. The van der Waals surface area contributed by atoms with Crippen LogP contribution in [-0.2, 0) is 11.3 Å². The molecular weight excluding hydrogens is 430 g/mol. The lowest BCUT2D eigenvalue weighted by Crippen LogP contribution is -2.38. The zero-order valence-corrected chi connectivity index (χ0v) is 20.5. The largest absolute Gasteiger partial charge is 0.481 e. The molecule has 0 aliphatic carbocycles. The zero-order valence-electron chi connectivity index (χ0n) is 20.5. The summed E-state index contributed by atoms with van der Waals surface area (Å²) in [6.45, 7) is 7.52. The molecule has 0 heterocycles. The first-order chi connectivity index (χ1) is 16.3. The molecule has 0 saturated carbocycles. The first-order valence-corrected chi connectivity index (χ1v) is 12.0. The van der Waals surface area contributed by atoms with E-state index in [1.807, 2.05) is 48.2 Å². The van der Waals surface area contributed by atoms with Gasteiger partial charge in [-0.1, -0.05) is 62.9 Å². The Morgan fingerprint density at radius 1 is 1.00 bits per heavy atom. The Balaban J connectivity index is 2.09. The molecule has 0 bridgehead atoms. The van der Waals surface area contributed by atoms with Gasteiger partial charge in [0.15, 0.2) is 0 Å². The quantitative estimate of drug-likeness (QED) is 0.365. The van der Waals surface area contributed by atoms with E-state index in [-0.39, 0.29) is 24.9 Å². The summed E-state index contributed by atoms with van der Waals surface area (Å²) in [5.74, 6) is -0.848. The SMILES string of the molecule is CCCCC(CC)CN(Cc1ccc(C(=O)NCCC(=O)O)cc1)C(=O)Nc1ccc(C)cc1. The number of unbranched alkanes of at least 4 members (excludes halogenated alkanes) is 1. The van der Waals surface area contributed by atoms with Crippen LogP contribution in [0.5, 0.6) is 0 Å². The van der Waals surface area contributed by atoms with Gasteiger partial charge in [-0.25, -0.2) is 4.79 Å². The number of benzene rings is 2. The van der Waals surface area contributed by atoms with Crippen LogP contribution in [0, 0.1) is 12.8 Å². The van der Waals surface area contributed by atoms with E-state index in [2.05, 4.69) is 24.5 Å². The maximum absolute atomic E-state index is 13.2. The number of carbonyl (C=O) groups excluding carboxylic acids is 2. The van der Waals surface area contributed by atoms with Crippen LogP contribution in [0.4, 0.5) is 10.5 Å². The number of rotatable bonds is 13. The van der Waals surface area contributed by atoms with Crippen LogP contribution >= 0.6 is 0 Å². The summed E-state index contributed by atoms with van der Waals surface area (Å²) in [5, 5.41) is 14.3. The minimum absolute atomic E-state index is 0.0824. The van der Waals surface area contributed by atoms with Gasteiger partial charge in [-0.15, -0.1) is 0 Å². The Labute approximate surface area is 202 Å². The van der Waals surface area contributed by atoms with Crippen molar-refractivity contribution in [3.63, 3.8) is 0 Å². The Hall–Kier alpha value is -3.35. The maximum Gasteiger partial charge on any atom is 0.322 e. The van der Waals surface area contributed by atoms with Crippen molar-refractivity contribution in [2.75, 3.05) is 18.4 Å². The van der Waals surface area contributed by atoms with Gasteiger partial charge in [-0.3, -0.25) is 9.59 Å². The Kier molecular flexibility index (Phi) is 11.1. The van der Waals surface area contributed by atoms with Crippen LogP contribution in [0.3, 0.4) is 0 Å². The third-order valence-corrected chi connectivity index (χ3v) is 5.83. The molecule has 3 N–H and O–H groups in total. The first kappa shape index (κ1) is 26.9. The number of nitrogens with zero attached hydrogens (tertiary/aromatic N) is 1. The summed E-state index contributed by atoms with van der Waals surface area (Å²) in [7, 11) is 0. The van der Waals surface area contributed by atoms with Gasteiger partial charge in [-0.05, 0) is 49.1 Å². The second kappa shape index (κ2) is 14.0. The molecule has 0 radical (unpaired) electrons. The first-order valence-electron chi connectivity index (χ1n) is 12.0. The molecule has 0 saturated heterocycles. The molecule has 0 aliphatic heterocycles. The van der Waals surface area contributed by atoms with Gasteiger partial charge in [0.25, 0.3) is 5.91 Å². The van der Waals surface area contributed by atoms with Crippen molar-refractivity contribution < 1.29 is 19.5 Å². The lowest BCUT2D eigenvalue weighted by molar-refractivity contribution is -0.136. The molecule has 2 aromatic carbocycles. The van der Waals surface area contributed by atoms with Crippen molar-refractivity contribution in [2.45, 2.75) is 59.4 Å². The van der Waals surface area contributed by atoms with E-state index in [1.54, 1.807) is 12.1 Å². The highest BCUT2D eigenvalue weighted by molar-refractivity contribution is 5.94. The fraction of sp³-hybridized carbons (Fsp3) is 0.444. The minimum Gasteiger partial charge on any atom is -0.481 e. The van der Waals surface area contributed by atoms with Gasteiger partial charge in [-0.2, -0.15) is 0 Å². The number of anilines is 1. The Morgan fingerprint density at radius 2 is 1.68 bits per heavy atom. The Bertz CT molecular complexity index is 926. The van der Waals surface area contributed by atoms with Crippen LogP contribution in [0.2, 0.25) is 0 Å². The second-order valence-electron chi connectivity index (χ2n) is 8.69. The third kappa shape index (κ3) is 9.25. The molecule has 0 spiro atoms. The average Bonchev–Trinajstić information content (AvgIpc) is 2.82. The molecule has 34 heavy (non-hydrogen) atoms. The van der Waals surface area contributed by atoms with E-state index in [9.17, 15) is 14.4 Å². The molecule has 0 aliphatic rings. The normalized spacial score (nSPS) is 11.5. The molecule has 2 aromatic rings. The summed E-state index contributed by atoms with van der Waals surface area (Å²) >= 11 is 0. The fourth-order valence-electron chi connectivity index (χ4n) is 3.65. The van der Waals surface area contributed by atoms with E-state index >= 15 is 0 Å². The van der Waals surface area contributed by atoms with Crippen molar-refractivity contribution in [2.24, 2.45) is 5.92 Å². The number of hydrogen-bond donors (Lipinski definition) is 3. The molecule has 3 amide bonds. The molecule has 2 rings (SSSR count). The van der Waals surface area contributed by atoms with Gasteiger partial charge in [0.2, 0.25) is 0 Å². The van der Waals surface area contributed by atoms with Crippen molar-refractivity contribution in [1.29, 1.82) is 0 Å². The molecular formula is C27H37N3O4. The van der Waals surface area contributed by atoms with Crippen LogP contribution in [-0.4, -0.2) is 41.0 Å². The molecule has 1 unspecified atom stereocenters. The summed E-state index contributed by atoms with van der Waals surface area (Å²) in [5.41, 5.74) is 3.27. The van der Waals surface area contributed by atoms with Crippen LogP contribution in [0.15, 0.2) is 48.5 Å². The number of carbonyl (C=O) groups is 3. The fourth-order valence-corrected chi connectivity index (χ4v) is 3.65. The van der Waals surface area contributed by atoms with Gasteiger partial charge < -0.3 is 20.6 Å². The lowest BCUT2D eigenvalue weighted by Gasteiger charge is -2.28. The summed E-state index contributed by atoms with van der Waals surface area (Å²) in [6, 6.07) is 14.7. The number of amides is 3. The van der Waals surface area contributed by atoms with Crippen molar-refractivity contribution in [3.05, 3.63) is 65.2 Å². The highest BCUT2D eigenvalue weighted by Crippen LogP contribution is 2.18. The summed E-state index contributed by atoms with van der Waals surface area (Å²) < 4.78 is 0. The van der Waals surface area contributed by atoms with Crippen molar-refractivity contribution >= 4 is 23.6 Å². The van der Waals surface area contributed by atoms with Gasteiger partial charge >= 0.3 is 12.0 Å². The van der Waals surface area contributed by atoms with Crippen LogP contribution in [0.25, 0.3) is 0 Å². The number of carboxylic acid groups (broad SMARTS) is 1. The van der Waals surface area contributed by atoms with Crippen LogP contribution < -0.4 is 10.6 Å². The number of carboxylic acids is 1. The molecule has 0 fully saturated rings. The topological polar surface area (TPSA) is 98.7 Å². The van der Waals surface area contributed by atoms with E-state index in [0.717, 1.165) is 42.5 Å². The van der Waals surface area contributed by atoms with Gasteiger partial charge in [0.05, 0.1) is 6.42 Å². The van der Waals surface area contributed by atoms with Gasteiger partial charge in [0.1, 0.15) is 0 Å². The number of urea groups is 1. The van der Waals surface area contributed by atoms with Gasteiger partial charge in [0, 0.05) is 30.9 Å². The smallest absolute Gasteiger partial charge is 0.322 e. The zero-order chi connectivity index (χ0) is 24.9. The molecule has 1 atom stereocenters. The van der Waals surface area contributed by atoms with E-state index in [4.69, 9.17) is 5.11 Å².